The third kappa shape index (κ3) is 3.51. The second-order valence-electron chi connectivity index (χ2n) is 5.03. The Balaban J connectivity index is 2.01. The Hall–Kier alpha value is -1.00. The number of thioether (sulfide) groups is 1. The van der Waals surface area contributed by atoms with Gasteiger partial charge in [0.2, 0.25) is 5.91 Å². The van der Waals surface area contributed by atoms with Gasteiger partial charge in [-0.15, -0.1) is 11.8 Å². The summed E-state index contributed by atoms with van der Waals surface area (Å²) < 4.78 is 0. The molecule has 2 unspecified atom stereocenters. The summed E-state index contributed by atoms with van der Waals surface area (Å²) in [6.45, 7) is 4.52. The van der Waals surface area contributed by atoms with Crippen LogP contribution in [-0.2, 0) is 11.2 Å². The van der Waals surface area contributed by atoms with Crippen LogP contribution in [0.2, 0.25) is 0 Å². The van der Waals surface area contributed by atoms with Gasteiger partial charge >= 0.3 is 0 Å². The number of para-hydroxylation sites is 1. The number of carbonyl (C=O) groups is 1. The van der Waals surface area contributed by atoms with Crippen LogP contribution in [0.15, 0.2) is 24.3 Å². The summed E-state index contributed by atoms with van der Waals surface area (Å²) in [6, 6.07) is 8.13. The molecule has 3 nitrogen and oxygen atoms in total. The highest BCUT2D eigenvalue weighted by Crippen LogP contribution is 2.27. The van der Waals surface area contributed by atoms with Crippen LogP contribution in [0.25, 0.3) is 0 Å². The molecule has 0 fully saturated rings. The van der Waals surface area contributed by atoms with Crippen molar-refractivity contribution in [2.45, 2.75) is 38.0 Å². The number of fused-ring (bicyclic) bond motifs is 1. The summed E-state index contributed by atoms with van der Waals surface area (Å²) in [4.78, 5) is 14.2. The van der Waals surface area contributed by atoms with E-state index in [1.165, 1.54) is 17.3 Å². The molecule has 1 amide bonds. The topological polar surface area (TPSA) is 40.5 Å². The fourth-order valence-corrected chi connectivity index (χ4v) is 3.05. The summed E-state index contributed by atoms with van der Waals surface area (Å²) in [5.41, 5.74) is 2.32. The summed E-state index contributed by atoms with van der Waals surface area (Å²) in [6.07, 6.45) is 1.70. The number of nitrogens with zero attached hydrogens (tertiary/aromatic N) is 1. The fraction of sp³-hybridized carbons (Fsp3) is 0.533. The van der Waals surface area contributed by atoms with Gasteiger partial charge in [0.15, 0.2) is 0 Å². The van der Waals surface area contributed by atoms with Crippen LogP contribution >= 0.6 is 11.8 Å². The third-order valence-electron chi connectivity index (χ3n) is 3.56. The van der Waals surface area contributed by atoms with Crippen LogP contribution < -0.4 is 4.90 Å². The van der Waals surface area contributed by atoms with Crippen LogP contribution in [0, 0.1) is 0 Å². The third-order valence-corrected chi connectivity index (χ3v) is 4.89. The predicted molar refractivity (Wildman–Crippen MR) is 80.7 cm³/mol. The van der Waals surface area contributed by atoms with Crippen LogP contribution in [0.1, 0.15) is 25.8 Å². The van der Waals surface area contributed by atoms with Crippen molar-refractivity contribution in [1.29, 1.82) is 0 Å². The van der Waals surface area contributed by atoms with Gasteiger partial charge in [-0.25, -0.2) is 0 Å². The molecule has 1 aliphatic rings. The van der Waals surface area contributed by atoms with Crippen LogP contribution in [0.3, 0.4) is 0 Å². The zero-order valence-electron chi connectivity index (χ0n) is 11.5. The maximum Gasteiger partial charge on any atom is 0.236 e. The predicted octanol–water partition coefficient (Wildman–Crippen LogP) is 2.47. The van der Waals surface area contributed by atoms with E-state index in [0.717, 1.165) is 25.1 Å². The number of hydrogen-bond acceptors (Lipinski definition) is 3. The molecule has 1 aromatic rings. The maximum absolute atomic E-state index is 12.3. The summed E-state index contributed by atoms with van der Waals surface area (Å²) >= 11 is 1.52. The van der Waals surface area contributed by atoms with E-state index in [4.69, 9.17) is 0 Å². The van der Waals surface area contributed by atoms with Crippen molar-refractivity contribution in [2.75, 3.05) is 17.2 Å². The first kappa shape index (κ1) is 14.4. The molecule has 2 atom stereocenters. The standard InChI is InChI=1S/C15H21NO2S/c1-11(17)12(2)19-10-15(18)16-9-5-7-13-6-3-4-8-14(13)16/h3-4,6,8,11-12,17H,5,7,9-10H2,1-2H3. The molecule has 1 aliphatic heterocycles. The number of aliphatic hydroxyl groups excluding tert-OH is 1. The first-order valence-electron chi connectivity index (χ1n) is 6.77. The highest BCUT2D eigenvalue weighted by Gasteiger charge is 2.22. The fourth-order valence-electron chi connectivity index (χ4n) is 2.21. The van der Waals surface area contributed by atoms with Gasteiger partial charge in [0.1, 0.15) is 0 Å². The highest BCUT2D eigenvalue weighted by molar-refractivity contribution is 8.00. The number of rotatable bonds is 4. The first-order valence-corrected chi connectivity index (χ1v) is 7.82. The molecule has 104 valence electrons. The molecule has 2 rings (SSSR count). The number of hydrogen-bond donors (Lipinski definition) is 1. The Bertz CT molecular complexity index is 448. The van der Waals surface area contributed by atoms with Crippen molar-refractivity contribution in [2.24, 2.45) is 0 Å². The molecule has 0 spiro atoms. The SMILES string of the molecule is CC(O)C(C)SCC(=O)N1CCCc2ccccc21. The second kappa shape index (κ2) is 6.44. The Kier molecular flexibility index (Phi) is 4.88. The van der Waals surface area contributed by atoms with Crippen molar-refractivity contribution in [3.63, 3.8) is 0 Å². The van der Waals surface area contributed by atoms with Gasteiger partial charge in [0.25, 0.3) is 0 Å². The van der Waals surface area contributed by atoms with Gasteiger partial charge < -0.3 is 10.0 Å². The maximum atomic E-state index is 12.3. The van der Waals surface area contributed by atoms with E-state index in [2.05, 4.69) is 6.07 Å². The molecular formula is C15H21NO2S. The van der Waals surface area contributed by atoms with Gasteiger partial charge in [0, 0.05) is 17.5 Å². The minimum atomic E-state index is -0.383. The Morgan fingerprint density at radius 3 is 2.89 bits per heavy atom. The van der Waals surface area contributed by atoms with Crippen LogP contribution in [0.4, 0.5) is 5.69 Å². The molecule has 1 heterocycles. The van der Waals surface area contributed by atoms with E-state index in [1.807, 2.05) is 30.0 Å². The number of anilines is 1. The molecule has 0 radical (unpaired) electrons. The average Bonchev–Trinajstić information content (AvgIpc) is 2.43. The van der Waals surface area contributed by atoms with Gasteiger partial charge in [-0.05, 0) is 31.4 Å². The normalized spacial score (nSPS) is 17.7. The first-order chi connectivity index (χ1) is 9.09. The minimum Gasteiger partial charge on any atom is -0.392 e. The lowest BCUT2D eigenvalue weighted by molar-refractivity contribution is -0.116. The smallest absolute Gasteiger partial charge is 0.236 e. The number of aryl methyl sites for hydroxylation is 1. The lowest BCUT2D eigenvalue weighted by atomic mass is 10.0. The lowest BCUT2D eigenvalue weighted by Gasteiger charge is -2.29. The van der Waals surface area contributed by atoms with Crippen molar-refractivity contribution >= 4 is 23.4 Å². The van der Waals surface area contributed by atoms with Crippen molar-refractivity contribution < 1.29 is 9.90 Å². The molecule has 19 heavy (non-hydrogen) atoms. The summed E-state index contributed by atoms with van der Waals surface area (Å²) in [7, 11) is 0. The second-order valence-corrected chi connectivity index (χ2v) is 6.40. The van der Waals surface area contributed by atoms with E-state index in [0.29, 0.717) is 5.75 Å². The van der Waals surface area contributed by atoms with Gasteiger partial charge in [-0.1, -0.05) is 25.1 Å². The molecular weight excluding hydrogens is 258 g/mol. The monoisotopic (exact) mass is 279 g/mol. The molecule has 1 aromatic carbocycles. The molecule has 0 saturated carbocycles. The van der Waals surface area contributed by atoms with E-state index >= 15 is 0 Å². The molecule has 1 N–H and O–H groups in total. The van der Waals surface area contributed by atoms with Crippen LogP contribution in [-0.4, -0.2) is 34.7 Å². The summed E-state index contributed by atoms with van der Waals surface area (Å²) in [5.74, 6) is 0.574. The highest BCUT2D eigenvalue weighted by atomic mass is 32.2. The molecule has 0 bridgehead atoms. The van der Waals surface area contributed by atoms with Crippen LogP contribution in [0.5, 0.6) is 0 Å². The lowest BCUT2D eigenvalue weighted by Crippen LogP contribution is -2.37. The largest absolute Gasteiger partial charge is 0.392 e. The number of amides is 1. The van der Waals surface area contributed by atoms with Crippen molar-refractivity contribution in [3.8, 4) is 0 Å². The Labute approximate surface area is 119 Å². The van der Waals surface area contributed by atoms with Gasteiger partial charge in [-0.3, -0.25) is 4.79 Å². The zero-order chi connectivity index (χ0) is 13.8. The number of carbonyl (C=O) groups excluding carboxylic acids is 1. The van der Waals surface area contributed by atoms with E-state index < -0.39 is 0 Å². The number of benzene rings is 1. The number of aliphatic hydroxyl groups is 1. The quantitative estimate of drug-likeness (QED) is 0.920. The molecule has 4 heteroatoms. The summed E-state index contributed by atoms with van der Waals surface area (Å²) in [5, 5.41) is 9.54. The van der Waals surface area contributed by atoms with Crippen molar-refractivity contribution in [3.05, 3.63) is 29.8 Å². The Morgan fingerprint density at radius 1 is 1.42 bits per heavy atom. The molecule has 0 aliphatic carbocycles. The van der Waals surface area contributed by atoms with E-state index in [-0.39, 0.29) is 17.3 Å². The Morgan fingerprint density at radius 2 is 2.16 bits per heavy atom. The van der Waals surface area contributed by atoms with Gasteiger partial charge in [-0.2, -0.15) is 0 Å². The molecule has 0 saturated heterocycles. The van der Waals surface area contributed by atoms with Crippen molar-refractivity contribution in [1.82, 2.24) is 0 Å². The zero-order valence-corrected chi connectivity index (χ0v) is 12.3. The minimum absolute atomic E-state index is 0.0870. The van der Waals surface area contributed by atoms with Gasteiger partial charge in [0.05, 0.1) is 11.9 Å². The van der Waals surface area contributed by atoms with E-state index in [9.17, 15) is 9.90 Å². The molecule has 0 aromatic heterocycles. The van der Waals surface area contributed by atoms with E-state index in [1.54, 1.807) is 6.92 Å². The average molecular weight is 279 g/mol.